The lowest BCUT2D eigenvalue weighted by molar-refractivity contribution is 0.315. The van der Waals surface area contributed by atoms with Crippen molar-refractivity contribution >= 4 is 5.84 Å². The van der Waals surface area contributed by atoms with E-state index in [4.69, 9.17) is 10.9 Å². The van der Waals surface area contributed by atoms with E-state index in [-0.39, 0.29) is 11.9 Å². The maximum atomic E-state index is 8.75. The van der Waals surface area contributed by atoms with Gasteiger partial charge < -0.3 is 16.3 Å². The highest BCUT2D eigenvalue weighted by molar-refractivity contribution is 5.80. The van der Waals surface area contributed by atoms with Crippen molar-refractivity contribution in [1.29, 1.82) is 0 Å². The first-order valence-corrected chi connectivity index (χ1v) is 6.42. The van der Waals surface area contributed by atoms with Crippen LogP contribution in [0, 0.1) is 0 Å². The van der Waals surface area contributed by atoms with E-state index < -0.39 is 0 Å². The first-order chi connectivity index (χ1) is 9.70. The van der Waals surface area contributed by atoms with E-state index in [9.17, 15) is 0 Å². The normalized spacial score (nSPS) is 13.3. The van der Waals surface area contributed by atoms with Gasteiger partial charge in [0.15, 0.2) is 0 Å². The van der Waals surface area contributed by atoms with Crippen LogP contribution >= 0.6 is 0 Å². The molecular formula is C14H19N5O. The van der Waals surface area contributed by atoms with Gasteiger partial charge in [0.2, 0.25) is 0 Å². The van der Waals surface area contributed by atoms with Crippen LogP contribution in [0.4, 0.5) is 0 Å². The molecule has 20 heavy (non-hydrogen) atoms. The third-order valence-electron chi connectivity index (χ3n) is 3.20. The third kappa shape index (κ3) is 3.58. The fourth-order valence-electron chi connectivity index (χ4n) is 2.05. The van der Waals surface area contributed by atoms with Crippen molar-refractivity contribution in [1.82, 2.24) is 15.1 Å². The Bertz CT molecular complexity index is 564. The number of nitrogens with one attached hydrogen (secondary N) is 1. The fraction of sp³-hybridized carbons (Fsp3) is 0.286. The summed E-state index contributed by atoms with van der Waals surface area (Å²) in [4.78, 5) is 0. The summed E-state index contributed by atoms with van der Waals surface area (Å²) in [7, 11) is 1.90. The molecule has 0 amide bonds. The van der Waals surface area contributed by atoms with Gasteiger partial charge in [-0.05, 0) is 11.6 Å². The molecule has 4 N–H and O–H groups in total. The minimum Gasteiger partial charge on any atom is -0.409 e. The highest BCUT2D eigenvalue weighted by atomic mass is 16.4. The van der Waals surface area contributed by atoms with E-state index in [0.717, 1.165) is 11.3 Å². The summed E-state index contributed by atoms with van der Waals surface area (Å²) in [5.74, 6) is 0.205. The second kappa shape index (κ2) is 6.72. The number of aromatic nitrogens is 2. The fourth-order valence-corrected chi connectivity index (χ4v) is 2.05. The Balaban J connectivity index is 2.09. The predicted molar refractivity (Wildman–Crippen MR) is 77.3 cm³/mol. The van der Waals surface area contributed by atoms with E-state index in [1.807, 2.05) is 48.1 Å². The molecule has 6 nitrogen and oxygen atoms in total. The molecule has 1 aromatic heterocycles. The van der Waals surface area contributed by atoms with E-state index in [1.165, 1.54) is 0 Å². The van der Waals surface area contributed by atoms with E-state index in [0.29, 0.717) is 13.0 Å². The first-order valence-electron chi connectivity index (χ1n) is 6.42. The molecule has 0 aliphatic heterocycles. The average molecular weight is 273 g/mol. The van der Waals surface area contributed by atoms with Crippen molar-refractivity contribution in [2.24, 2.45) is 17.9 Å². The lowest BCUT2D eigenvalue weighted by Gasteiger charge is -2.18. The lowest BCUT2D eigenvalue weighted by atomic mass is 10.0. The van der Waals surface area contributed by atoms with Gasteiger partial charge in [0.05, 0.1) is 5.69 Å². The minimum atomic E-state index is -0.0120. The number of hydrogen-bond donors (Lipinski definition) is 3. The first kappa shape index (κ1) is 14.1. The number of rotatable bonds is 6. The molecule has 1 atom stereocenters. The zero-order valence-electron chi connectivity index (χ0n) is 11.4. The summed E-state index contributed by atoms with van der Waals surface area (Å²) in [6.07, 6.45) is 2.20. The minimum absolute atomic E-state index is 0.0120. The van der Waals surface area contributed by atoms with Crippen molar-refractivity contribution in [2.75, 3.05) is 0 Å². The van der Waals surface area contributed by atoms with E-state index in [1.54, 1.807) is 6.20 Å². The SMILES string of the molecule is Cn1nccc1CNC(CC(N)=NO)c1ccccc1. The summed E-state index contributed by atoms with van der Waals surface area (Å²) < 4.78 is 1.82. The monoisotopic (exact) mass is 273 g/mol. The molecule has 1 aromatic carbocycles. The number of amidine groups is 1. The van der Waals surface area contributed by atoms with Crippen LogP contribution < -0.4 is 11.1 Å². The van der Waals surface area contributed by atoms with Crippen LogP contribution in [0.5, 0.6) is 0 Å². The highest BCUT2D eigenvalue weighted by Crippen LogP contribution is 2.17. The van der Waals surface area contributed by atoms with Gasteiger partial charge in [0.25, 0.3) is 0 Å². The van der Waals surface area contributed by atoms with Crippen molar-refractivity contribution in [3.63, 3.8) is 0 Å². The second-order valence-corrected chi connectivity index (χ2v) is 4.59. The van der Waals surface area contributed by atoms with Gasteiger partial charge in [-0.1, -0.05) is 35.5 Å². The van der Waals surface area contributed by atoms with Crippen LogP contribution in [-0.4, -0.2) is 20.8 Å². The van der Waals surface area contributed by atoms with Crippen LogP contribution in [0.1, 0.15) is 23.7 Å². The van der Waals surface area contributed by atoms with Gasteiger partial charge in [-0.3, -0.25) is 4.68 Å². The Labute approximate surface area is 117 Å². The summed E-state index contributed by atoms with van der Waals surface area (Å²) >= 11 is 0. The molecule has 0 bridgehead atoms. The Hall–Kier alpha value is -2.34. The second-order valence-electron chi connectivity index (χ2n) is 4.59. The quantitative estimate of drug-likeness (QED) is 0.321. The molecule has 0 radical (unpaired) electrons. The number of oxime groups is 1. The van der Waals surface area contributed by atoms with Gasteiger partial charge in [-0.15, -0.1) is 0 Å². The summed E-state index contributed by atoms with van der Waals surface area (Å²) in [6, 6.07) is 11.9. The lowest BCUT2D eigenvalue weighted by Crippen LogP contribution is -2.27. The molecule has 2 aromatic rings. The third-order valence-corrected chi connectivity index (χ3v) is 3.20. The number of nitrogens with zero attached hydrogens (tertiary/aromatic N) is 3. The van der Waals surface area contributed by atoms with Crippen LogP contribution in [0.15, 0.2) is 47.8 Å². The van der Waals surface area contributed by atoms with Gasteiger partial charge in [-0.25, -0.2) is 0 Å². The molecule has 0 saturated carbocycles. The molecule has 0 aliphatic carbocycles. The van der Waals surface area contributed by atoms with Crippen LogP contribution in [-0.2, 0) is 13.6 Å². The zero-order chi connectivity index (χ0) is 14.4. The van der Waals surface area contributed by atoms with Crippen LogP contribution in [0.3, 0.4) is 0 Å². The van der Waals surface area contributed by atoms with Crippen LogP contribution in [0.2, 0.25) is 0 Å². The zero-order valence-corrected chi connectivity index (χ0v) is 11.4. The maximum Gasteiger partial charge on any atom is 0.141 e. The molecule has 0 aliphatic rings. The van der Waals surface area contributed by atoms with E-state index in [2.05, 4.69) is 15.6 Å². The van der Waals surface area contributed by atoms with Gasteiger partial charge in [0.1, 0.15) is 5.84 Å². The summed E-state index contributed by atoms with van der Waals surface area (Å²) in [6.45, 7) is 0.661. The van der Waals surface area contributed by atoms with E-state index >= 15 is 0 Å². The molecule has 6 heteroatoms. The molecule has 1 heterocycles. The smallest absolute Gasteiger partial charge is 0.141 e. The Morgan fingerprint density at radius 2 is 2.15 bits per heavy atom. The van der Waals surface area contributed by atoms with Crippen molar-refractivity contribution < 1.29 is 5.21 Å². The number of nitrogens with two attached hydrogens (primary N) is 1. The molecule has 2 rings (SSSR count). The largest absolute Gasteiger partial charge is 0.409 e. The molecule has 106 valence electrons. The molecule has 0 spiro atoms. The number of hydrogen-bond acceptors (Lipinski definition) is 4. The number of aryl methyl sites for hydroxylation is 1. The predicted octanol–water partition coefficient (Wildman–Crippen LogP) is 1.39. The highest BCUT2D eigenvalue weighted by Gasteiger charge is 2.13. The molecule has 0 fully saturated rings. The van der Waals surface area contributed by atoms with Crippen LogP contribution in [0.25, 0.3) is 0 Å². The standard InChI is InChI=1S/C14H19N5O/c1-19-12(7-8-17-19)10-16-13(9-14(15)18-20)11-5-3-2-4-6-11/h2-8,13,16,20H,9-10H2,1H3,(H2,15,18). The summed E-state index contributed by atoms with van der Waals surface area (Å²) in [5, 5.41) is 19.3. The maximum absolute atomic E-state index is 8.75. The topological polar surface area (TPSA) is 88.5 Å². The van der Waals surface area contributed by atoms with Crippen molar-refractivity contribution in [2.45, 2.75) is 19.0 Å². The molecule has 0 saturated heterocycles. The molecule has 1 unspecified atom stereocenters. The Morgan fingerprint density at radius 3 is 2.75 bits per heavy atom. The Morgan fingerprint density at radius 1 is 1.40 bits per heavy atom. The average Bonchev–Trinajstić information content (AvgIpc) is 2.89. The van der Waals surface area contributed by atoms with Gasteiger partial charge in [-0.2, -0.15) is 5.10 Å². The summed E-state index contributed by atoms with van der Waals surface area (Å²) in [5.41, 5.74) is 7.81. The number of benzene rings is 1. The van der Waals surface area contributed by atoms with Gasteiger partial charge >= 0.3 is 0 Å². The van der Waals surface area contributed by atoms with Gasteiger partial charge in [0, 0.05) is 32.3 Å². The molecular weight excluding hydrogens is 254 g/mol. The van der Waals surface area contributed by atoms with Crippen molar-refractivity contribution in [3.05, 3.63) is 53.9 Å². The van der Waals surface area contributed by atoms with Crippen molar-refractivity contribution in [3.8, 4) is 0 Å². The Kier molecular flexibility index (Phi) is 4.73.